The van der Waals surface area contributed by atoms with Crippen molar-refractivity contribution in [2.45, 2.75) is 6.54 Å². The minimum Gasteiger partial charge on any atom is -0.367 e. The van der Waals surface area contributed by atoms with Crippen molar-refractivity contribution in [2.75, 3.05) is 32.0 Å². The second-order valence-electron chi connectivity index (χ2n) is 4.40. The van der Waals surface area contributed by atoms with E-state index in [1.807, 2.05) is 19.0 Å². The van der Waals surface area contributed by atoms with Gasteiger partial charge in [-0.2, -0.15) is 0 Å². The lowest BCUT2D eigenvalue weighted by Crippen LogP contribution is -2.14. The highest BCUT2D eigenvalue weighted by Gasteiger charge is 2.14. The van der Waals surface area contributed by atoms with Gasteiger partial charge in [0.25, 0.3) is 0 Å². The fraction of sp³-hybridized carbons (Fsp3) is 0.500. The van der Waals surface area contributed by atoms with Crippen molar-refractivity contribution in [2.24, 2.45) is 0 Å². The number of hydrogen-bond donors (Lipinski definition) is 2. The molecule has 0 amide bonds. The van der Waals surface area contributed by atoms with Crippen molar-refractivity contribution >= 4 is 24.6 Å². The Hall–Kier alpha value is -1.54. The molecule has 0 saturated carbocycles. The first-order valence-electron chi connectivity index (χ1n) is 5.84. The lowest BCUT2D eigenvalue weighted by molar-refractivity contribution is 0.149. The second-order valence-corrected chi connectivity index (χ2v) is 5.99. The molecule has 0 aliphatic rings. The SMILES string of the molecule is CN(C)c1ncnc2ncn(CCOCP(=O)(O)O)c12. The van der Waals surface area contributed by atoms with Crippen LogP contribution in [-0.4, -0.2) is 56.4 Å². The quantitative estimate of drug-likeness (QED) is 0.568. The largest absolute Gasteiger partial charge is 0.367 e. The van der Waals surface area contributed by atoms with E-state index in [9.17, 15) is 4.57 Å². The van der Waals surface area contributed by atoms with Crippen LogP contribution in [0, 0.1) is 0 Å². The fourth-order valence-corrected chi connectivity index (χ4v) is 2.10. The Labute approximate surface area is 115 Å². The average molecular weight is 301 g/mol. The predicted molar refractivity (Wildman–Crippen MR) is 72.5 cm³/mol. The Morgan fingerprint density at radius 1 is 1.35 bits per heavy atom. The Kier molecular flexibility index (Phi) is 4.34. The van der Waals surface area contributed by atoms with Crippen LogP contribution in [0.25, 0.3) is 11.2 Å². The van der Waals surface area contributed by atoms with E-state index in [0.29, 0.717) is 12.2 Å². The average Bonchev–Trinajstić information content (AvgIpc) is 2.76. The third kappa shape index (κ3) is 3.51. The first kappa shape index (κ1) is 14.9. The summed E-state index contributed by atoms with van der Waals surface area (Å²) in [4.78, 5) is 31.7. The highest BCUT2D eigenvalue weighted by Crippen LogP contribution is 2.33. The third-order valence-corrected chi connectivity index (χ3v) is 3.07. The molecular weight excluding hydrogens is 285 g/mol. The summed E-state index contributed by atoms with van der Waals surface area (Å²) in [5, 5.41) is 0. The summed E-state index contributed by atoms with van der Waals surface area (Å²) in [6.07, 6.45) is 2.46. The molecule has 10 heteroatoms. The molecule has 0 aromatic carbocycles. The summed E-state index contributed by atoms with van der Waals surface area (Å²) < 4.78 is 17.4. The number of imidazole rings is 1. The molecule has 0 aliphatic heterocycles. The van der Waals surface area contributed by atoms with Crippen LogP contribution in [0.15, 0.2) is 12.7 Å². The van der Waals surface area contributed by atoms with Crippen molar-refractivity contribution in [3.05, 3.63) is 12.7 Å². The van der Waals surface area contributed by atoms with Gasteiger partial charge in [0.1, 0.15) is 18.2 Å². The van der Waals surface area contributed by atoms with Gasteiger partial charge in [0.15, 0.2) is 11.5 Å². The van der Waals surface area contributed by atoms with Gasteiger partial charge in [-0.3, -0.25) is 4.57 Å². The molecule has 0 spiro atoms. The molecule has 20 heavy (non-hydrogen) atoms. The summed E-state index contributed by atoms with van der Waals surface area (Å²) in [5.41, 5.74) is 1.33. The molecule has 0 aliphatic carbocycles. The third-order valence-electron chi connectivity index (χ3n) is 2.55. The Bertz CT molecular complexity index is 638. The fourth-order valence-electron chi connectivity index (χ4n) is 1.74. The van der Waals surface area contributed by atoms with Gasteiger partial charge in [-0.15, -0.1) is 0 Å². The number of hydrogen-bond acceptors (Lipinski definition) is 6. The monoisotopic (exact) mass is 301 g/mol. The predicted octanol–water partition coefficient (Wildman–Crippen LogP) is 0.0441. The minimum atomic E-state index is -4.13. The molecule has 2 aromatic rings. The van der Waals surface area contributed by atoms with Crippen LogP contribution in [0.3, 0.4) is 0 Å². The molecule has 2 N–H and O–H groups in total. The van der Waals surface area contributed by atoms with Crippen molar-refractivity contribution in [1.29, 1.82) is 0 Å². The highest BCUT2D eigenvalue weighted by atomic mass is 31.2. The zero-order valence-electron chi connectivity index (χ0n) is 11.2. The smallest absolute Gasteiger partial charge is 0.350 e. The molecule has 2 rings (SSSR count). The summed E-state index contributed by atoms with van der Waals surface area (Å²) in [6.45, 7) is 0.572. The Balaban J connectivity index is 2.13. The van der Waals surface area contributed by atoms with E-state index < -0.39 is 13.9 Å². The van der Waals surface area contributed by atoms with Gasteiger partial charge in [-0.05, 0) is 0 Å². The second kappa shape index (κ2) is 5.84. The van der Waals surface area contributed by atoms with Gasteiger partial charge < -0.3 is 24.0 Å². The van der Waals surface area contributed by atoms with Crippen LogP contribution >= 0.6 is 7.60 Å². The minimum absolute atomic E-state index is 0.165. The molecule has 0 fully saturated rings. The van der Waals surface area contributed by atoms with Gasteiger partial charge in [-0.1, -0.05) is 0 Å². The van der Waals surface area contributed by atoms with Crippen molar-refractivity contribution in [3.8, 4) is 0 Å². The maximum absolute atomic E-state index is 10.7. The zero-order valence-corrected chi connectivity index (χ0v) is 12.1. The van der Waals surface area contributed by atoms with Crippen LogP contribution in [0.2, 0.25) is 0 Å². The van der Waals surface area contributed by atoms with E-state index in [1.54, 1.807) is 10.9 Å². The molecule has 110 valence electrons. The topological polar surface area (TPSA) is 114 Å². The van der Waals surface area contributed by atoms with E-state index in [-0.39, 0.29) is 6.61 Å². The van der Waals surface area contributed by atoms with Crippen molar-refractivity contribution < 1.29 is 19.1 Å². The van der Waals surface area contributed by atoms with Gasteiger partial charge in [0.05, 0.1) is 12.9 Å². The van der Waals surface area contributed by atoms with Crippen LogP contribution in [0.4, 0.5) is 5.82 Å². The molecule has 0 atom stereocenters. The summed E-state index contributed by atoms with van der Waals surface area (Å²) >= 11 is 0. The standard InChI is InChI=1S/C10H16N5O4P/c1-14(2)10-8-9(11-5-12-10)13-6-15(8)3-4-19-7-20(16,17)18/h5-6H,3-4,7H2,1-2H3,(H2,16,17,18). The van der Waals surface area contributed by atoms with Crippen LogP contribution in [0.5, 0.6) is 0 Å². The molecule has 0 unspecified atom stereocenters. The highest BCUT2D eigenvalue weighted by molar-refractivity contribution is 7.51. The van der Waals surface area contributed by atoms with Gasteiger partial charge in [0, 0.05) is 20.6 Å². The number of ether oxygens (including phenoxy) is 1. The molecule has 2 heterocycles. The normalized spacial score (nSPS) is 12.0. The molecule has 0 bridgehead atoms. The number of aromatic nitrogens is 4. The first-order chi connectivity index (χ1) is 9.38. The van der Waals surface area contributed by atoms with Crippen LogP contribution in [-0.2, 0) is 15.8 Å². The van der Waals surface area contributed by atoms with Crippen LogP contribution in [0.1, 0.15) is 0 Å². The number of anilines is 1. The van der Waals surface area contributed by atoms with Crippen LogP contribution < -0.4 is 4.90 Å². The number of nitrogens with zero attached hydrogens (tertiary/aromatic N) is 5. The van der Waals surface area contributed by atoms with E-state index >= 15 is 0 Å². The lowest BCUT2D eigenvalue weighted by Gasteiger charge is -2.13. The molecule has 0 radical (unpaired) electrons. The number of fused-ring (bicyclic) bond motifs is 1. The number of rotatable bonds is 6. The molecule has 9 nitrogen and oxygen atoms in total. The first-order valence-corrected chi connectivity index (χ1v) is 7.64. The Morgan fingerprint density at radius 2 is 2.10 bits per heavy atom. The molecular formula is C10H16N5O4P. The van der Waals surface area contributed by atoms with E-state index in [2.05, 4.69) is 15.0 Å². The zero-order chi connectivity index (χ0) is 14.8. The summed E-state index contributed by atoms with van der Waals surface area (Å²) in [5.74, 6) is 0.725. The van der Waals surface area contributed by atoms with Gasteiger partial charge in [-0.25, -0.2) is 15.0 Å². The van der Waals surface area contributed by atoms with E-state index in [1.165, 1.54) is 6.33 Å². The molecule has 2 aromatic heterocycles. The molecule has 0 saturated heterocycles. The van der Waals surface area contributed by atoms with Gasteiger partial charge >= 0.3 is 7.60 Å². The van der Waals surface area contributed by atoms with Crippen molar-refractivity contribution in [1.82, 2.24) is 19.5 Å². The summed E-state index contributed by atoms with van der Waals surface area (Å²) in [6, 6.07) is 0. The van der Waals surface area contributed by atoms with Crippen molar-refractivity contribution in [3.63, 3.8) is 0 Å². The van der Waals surface area contributed by atoms with E-state index in [4.69, 9.17) is 14.5 Å². The maximum Gasteiger partial charge on any atom is 0.350 e. The van der Waals surface area contributed by atoms with E-state index in [0.717, 1.165) is 11.3 Å². The summed E-state index contributed by atoms with van der Waals surface area (Å²) in [7, 11) is -0.397. The maximum atomic E-state index is 10.7. The lowest BCUT2D eigenvalue weighted by atomic mass is 10.4. The van der Waals surface area contributed by atoms with Gasteiger partial charge in [0.2, 0.25) is 0 Å². The Morgan fingerprint density at radius 3 is 2.75 bits per heavy atom.